The van der Waals surface area contributed by atoms with Crippen LogP contribution < -0.4 is 9.47 Å². The van der Waals surface area contributed by atoms with E-state index in [4.69, 9.17) is 9.47 Å². The maximum Gasteiger partial charge on any atom is 0.215 e. The number of H-pyrrole nitrogens is 1. The predicted octanol–water partition coefficient (Wildman–Crippen LogP) is 3.09. The second-order valence-corrected chi connectivity index (χ2v) is 4.80. The summed E-state index contributed by atoms with van der Waals surface area (Å²) < 4.78 is 10.5. The van der Waals surface area contributed by atoms with Gasteiger partial charge in [0.15, 0.2) is 11.5 Å². The van der Waals surface area contributed by atoms with Gasteiger partial charge < -0.3 is 14.5 Å². The Labute approximate surface area is 114 Å². The van der Waals surface area contributed by atoms with Crippen LogP contribution in [0.15, 0.2) is 23.6 Å². The molecule has 0 atom stereocenters. The summed E-state index contributed by atoms with van der Waals surface area (Å²) in [5.74, 6) is 2.23. The van der Waals surface area contributed by atoms with E-state index in [0.29, 0.717) is 18.1 Å². The number of aromatic nitrogens is 3. The molecular weight excluding hydrogens is 262 g/mol. The molecule has 3 rings (SSSR count). The van der Waals surface area contributed by atoms with Gasteiger partial charge in [0.25, 0.3) is 0 Å². The third kappa shape index (κ3) is 2.26. The first-order valence-electron chi connectivity index (χ1n) is 5.92. The quantitative estimate of drug-likeness (QED) is 0.795. The van der Waals surface area contributed by atoms with Crippen molar-refractivity contribution in [1.82, 2.24) is 15.0 Å². The SMILES string of the molecule is CCOc1ccc2[nH]c(-c3cc(OC)cs3)nc2n1. The van der Waals surface area contributed by atoms with E-state index in [1.54, 1.807) is 18.4 Å². The summed E-state index contributed by atoms with van der Waals surface area (Å²) >= 11 is 1.58. The summed E-state index contributed by atoms with van der Waals surface area (Å²) in [6.07, 6.45) is 0. The molecule has 0 saturated heterocycles. The number of aromatic amines is 1. The second-order valence-electron chi connectivity index (χ2n) is 3.89. The van der Waals surface area contributed by atoms with Gasteiger partial charge in [-0.1, -0.05) is 0 Å². The standard InChI is InChI=1S/C13H13N3O2S/c1-3-18-11-5-4-9-12(15-11)16-13(14-9)10-6-8(17-2)7-19-10/h4-7H,3H2,1-2H3,(H,14,15,16). The summed E-state index contributed by atoms with van der Waals surface area (Å²) in [5.41, 5.74) is 1.55. The van der Waals surface area contributed by atoms with Crippen LogP contribution >= 0.6 is 11.3 Å². The summed E-state index contributed by atoms with van der Waals surface area (Å²) in [4.78, 5) is 13.1. The maximum atomic E-state index is 5.37. The van der Waals surface area contributed by atoms with E-state index in [1.165, 1.54) is 0 Å². The Morgan fingerprint density at radius 3 is 2.95 bits per heavy atom. The first-order chi connectivity index (χ1) is 9.30. The number of ether oxygens (including phenoxy) is 2. The Morgan fingerprint density at radius 2 is 2.21 bits per heavy atom. The van der Waals surface area contributed by atoms with E-state index in [-0.39, 0.29) is 0 Å². The van der Waals surface area contributed by atoms with Crippen molar-refractivity contribution in [2.24, 2.45) is 0 Å². The molecule has 0 aliphatic heterocycles. The largest absolute Gasteiger partial charge is 0.496 e. The fraction of sp³-hybridized carbons (Fsp3) is 0.231. The number of hydrogen-bond donors (Lipinski definition) is 1. The van der Waals surface area contributed by atoms with Gasteiger partial charge in [-0.2, -0.15) is 4.98 Å². The van der Waals surface area contributed by atoms with Crippen molar-refractivity contribution < 1.29 is 9.47 Å². The molecule has 0 amide bonds. The second kappa shape index (κ2) is 4.89. The van der Waals surface area contributed by atoms with Crippen LogP contribution in [-0.2, 0) is 0 Å². The Balaban J connectivity index is 2.00. The molecule has 3 heterocycles. The van der Waals surface area contributed by atoms with Crippen molar-refractivity contribution in [3.8, 4) is 22.3 Å². The van der Waals surface area contributed by atoms with Crippen LogP contribution in [0, 0.1) is 0 Å². The Bertz CT molecular complexity index is 705. The van der Waals surface area contributed by atoms with Gasteiger partial charge in [0.1, 0.15) is 5.75 Å². The number of thiophene rings is 1. The monoisotopic (exact) mass is 275 g/mol. The fourth-order valence-corrected chi connectivity index (χ4v) is 2.57. The summed E-state index contributed by atoms with van der Waals surface area (Å²) in [7, 11) is 1.65. The molecule has 6 heteroatoms. The number of nitrogens with zero attached hydrogens (tertiary/aromatic N) is 2. The van der Waals surface area contributed by atoms with Gasteiger partial charge in [0.05, 0.1) is 24.1 Å². The van der Waals surface area contributed by atoms with Crippen LogP contribution in [0.3, 0.4) is 0 Å². The van der Waals surface area contributed by atoms with Gasteiger partial charge in [0.2, 0.25) is 5.88 Å². The highest BCUT2D eigenvalue weighted by molar-refractivity contribution is 7.13. The summed E-state index contributed by atoms with van der Waals surface area (Å²) in [6, 6.07) is 5.71. The minimum atomic E-state index is 0.594. The van der Waals surface area contributed by atoms with E-state index in [1.807, 2.05) is 30.5 Å². The molecule has 98 valence electrons. The minimum Gasteiger partial charge on any atom is -0.496 e. The van der Waals surface area contributed by atoms with Crippen LogP contribution in [0.25, 0.3) is 21.9 Å². The number of methoxy groups -OCH3 is 1. The van der Waals surface area contributed by atoms with Gasteiger partial charge in [-0.3, -0.25) is 0 Å². The molecule has 3 aromatic rings. The topological polar surface area (TPSA) is 60.0 Å². The number of pyridine rings is 1. The zero-order valence-corrected chi connectivity index (χ0v) is 11.5. The van der Waals surface area contributed by atoms with Crippen LogP contribution in [-0.4, -0.2) is 28.7 Å². The predicted molar refractivity (Wildman–Crippen MR) is 74.9 cm³/mol. The maximum absolute atomic E-state index is 5.37. The highest BCUT2D eigenvalue weighted by Gasteiger charge is 2.10. The van der Waals surface area contributed by atoms with E-state index in [0.717, 1.165) is 22.0 Å². The average molecular weight is 275 g/mol. The highest BCUT2D eigenvalue weighted by atomic mass is 32.1. The molecule has 0 fully saturated rings. The minimum absolute atomic E-state index is 0.594. The van der Waals surface area contributed by atoms with Crippen LogP contribution in [0.1, 0.15) is 6.92 Å². The molecule has 0 unspecified atom stereocenters. The number of fused-ring (bicyclic) bond motifs is 1. The van der Waals surface area contributed by atoms with Gasteiger partial charge in [-0.05, 0) is 13.0 Å². The van der Waals surface area contributed by atoms with Gasteiger partial charge >= 0.3 is 0 Å². The highest BCUT2D eigenvalue weighted by Crippen LogP contribution is 2.30. The molecule has 1 N–H and O–H groups in total. The Kier molecular flexibility index (Phi) is 3.08. The number of hydrogen-bond acceptors (Lipinski definition) is 5. The summed E-state index contributed by atoms with van der Waals surface area (Å²) in [6.45, 7) is 2.53. The molecule has 0 aliphatic rings. The zero-order valence-electron chi connectivity index (χ0n) is 10.6. The van der Waals surface area contributed by atoms with Crippen molar-refractivity contribution >= 4 is 22.5 Å². The van der Waals surface area contributed by atoms with E-state index < -0.39 is 0 Å². The molecule has 0 radical (unpaired) electrons. The fourth-order valence-electron chi connectivity index (χ4n) is 1.77. The molecule has 0 aliphatic carbocycles. The molecule has 0 aromatic carbocycles. The molecule has 0 bridgehead atoms. The third-order valence-corrected chi connectivity index (χ3v) is 3.57. The van der Waals surface area contributed by atoms with Gasteiger partial charge in [-0.15, -0.1) is 11.3 Å². The summed E-state index contributed by atoms with van der Waals surface area (Å²) in [5, 5.41) is 1.95. The Hall–Kier alpha value is -2.08. The molecule has 3 aromatic heterocycles. The van der Waals surface area contributed by atoms with Crippen molar-refractivity contribution in [2.45, 2.75) is 6.92 Å². The first kappa shape index (κ1) is 12.0. The van der Waals surface area contributed by atoms with E-state index in [2.05, 4.69) is 15.0 Å². The van der Waals surface area contributed by atoms with Crippen LogP contribution in [0.2, 0.25) is 0 Å². The molecule has 0 spiro atoms. The van der Waals surface area contributed by atoms with E-state index in [9.17, 15) is 0 Å². The number of nitrogens with one attached hydrogen (secondary N) is 1. The van der Waals surface area contributed by atoms with Crippen LogP contribution in [0.4, 0.5) is 0 Å². The van der Waals surface area contributed by atoms with Crippen molar-refractivity contribution in [2.75, 3.05) is 13.7 Å². The lowest BCUT2D eigenvalue weighted by Crippen LogP contribution is -1.93. The molecule has 5 nitrogen and oxygen atoms in total. The zero-order chi connectivity index (χ0) is 13.2. The van der Waals surface area contributed by atoms with Crippen molar-refractivity contribution in [3.05, 3.63) is 23.6 Å². The lowest BCUT2D eigenvalue weighted by Gasteiger charge is -1.99. The lowest BCUT2D eigenvalue weighted by atomic mass is 10.4. The third-order valence-electron chi connectivity index (χ3n) is 2.66. The smallest absolute Gasteiger partial charge is 0.215 e. The Morgan fingerprint density at radius 1 is 1.32 bits per heavy atom. The molecule has 19 heavy (non-hydrogen) atoms. The number of rotatable bonds is 4. The van der Waals surface area contributed by atoms with Gasteiger partial charge in [-0.25, -0.2) is 4.98 Å². The molecular formula is C13H13N3O2S. The normalized spacial score (nSPS) is 10.8. The van der Waals surface area contributed by atoms with Crippen molar-refractivity contribution in [1.29, 1.82) is 0 Å². The number of imidazole rings is 1. The van der Waals surface area contributed by atoms with Crippen molar-refractivity contribution in [3.63, 3.8) is 0 Å². The van der Waals surface area contributed by atoms with Gasteiger partial charge in [0, 0.05) is 17.5 Å². The molecule has 0 saturated carbocycles. The van der Waals surface area contributed by atoms with E-state index >= 15 is 0 Å². The lowest BCUT2D eigenvalue weighted by molar-refractivity contribution is 0.328. The average Bonchev–Trinajstić information content (AvgIpc) is 3.04. The van der Waals surface area contributed by atoms with Crippen LogP contribution in [0.5, 0.6) is 11.6 Å². The first-order valence-corrected chi connectivity index (χ1v) is 6.80.